The summed E-state index contributed by atoms with van der Waals surface area (Å²) < 4.78 is 5.28. The summed E-state index contributed by atoms with van der Waals surface area (Å²) in [6.45, 7) is 8.28. The van der Waals surface area contributed by atoms with E-state index in [1.165, 1.54) is 4.90 Å². The molecule has 0 bridgehead atoms. The minimum absolute atomic E-state index is 0.0543. The van der Waals surface area contributed by atoms with Gasteiger partial charge in [-0.05, 0) is 63.4 Å². The predicted octanol–water partition coefficient (Wildman–Crippen LogP) is 3.61. The van der Waals surface area contributed by atoms with E-state index in [1.807, 2.05) is 32.0 Å². The Balaban J connectivity index is 2.50. The lowest BCUT2D eigenvalue weighted by molar-refractivity contribution is -0.140. The molecule has 0 radical (unpaired) electrons. The van der Waals surface area contributed by atoms with Crippen LogP contribution in [0.5, 0.6) is 0 Å². The molecule has 0 heterocycles. The molecule has 0 saturated carbocycles. The largest absolute Gasteiger partial charge is 0.444 e. The van der Waals surface area contributed by atoms with E-state index in [1.54, 1.807) is 45.0 Å². The second-order valence-electron chi connectivity index (χ2n) is 9.56. The number of carbonyl (C=O) groups is 3. The van der Waals surface area contributed by atoms with Gasteiger partial charge in [0.25, 0.3) is 5.91 Å². The summed E-state index contributed by atoms with van der Waals surface area (Å²) in [5.41, 5.74) is 2.67. The molecule has 0 aliphatic carbocycles. The molecular weight excluding hydrogens is 490 g/mol. The molecule has 2 aromatic rings. The normalized spacial score (nSPS) is 12.6. The fourth-order valence-electron chi connectivity index (χ4n) is 3.75. The van der Waals surface area contributed by atoms with E-state index in [2.05, 4.69) is 29.2 Å². The lowest BCUT2D eigenvalue weighted by Gasteiger charge is -2.34. The van der Waals surface area contributed by atoms with Crippen molar-refractivity contribution in [1.82, 2.24) is 10.2 Å². The van der Waals surface area contributed by atoms with Crippen LogP contribution in [0.25, 0.3) is 0 Å². The maximum atomic E-state index is 13.8. The van der Waals surface area contributed by atoms with Crippen LogP contribution in [-0.4, -0.2) is 58.5 Å². The van der Waals surface area contributed by atoms with Gasteiger partial charge in [0.1, 0.15) is 17.7 Å². The Morgan fingerprint density at radius 1 is 1.11 bits per heavy atom. The molecule has 0 saturated heterocycles. The smallest absolute Gasteiger partial charge is 0.408 e. The lowest BCUT2D eigenvalue weighted by Crippen LogP contribution is -2.53. The van der Waals surface area contributed by atoms with Crippen molar-refractivity contribution in [2.75, 3.05) is 24.2 Å². The zero-order valence-corrected chi connectivity index (χ0v) is 22.8. The standard InChI is InChI=1S/C28H35N3O5S/c1-7-20-11-13-21(14-12-20)24(25(33)30-23-18(2)9-8-10-19(23)3)31(15-16-32)26(34)22(17-37)29-27(35)36-28(4,5)6/h1,8-14,22,24,32,37H,15-17H2,2-6H3,(H,29,35)(H,30,33). The Morgan fingerprint density at radius 2 is 1.70 bits per heavy atom. The highest BCUT2D eigenvalue weighted by atomic mass is 32.1. The van der Waals surface area contributed by atoms with Crippen molar-refractivity contribution in [2.24, 2.45) is 0 Å². The first kappa shape index (κ1) is 29.7. The molecule has 37 heavy (non-hydrogen) atoms. The van der Waals surface area contributed by atoms with Gasteiger partial charge >= 0.3 is 6.09 Å². The first-order valence-electron chi connectivity index (χ1n) is 11.9. The molecule has 9 heteroatoms. The summed E-state index contributed by atoms with van der Waals surface area (Å²) in [7, 11) is 0. The molecule has 0 aliphatic heterocycles. The van der Waals surface area contributed by atoms with E-state index in [0.29, 0.717) is 16.8 Å². The molecule has 3 N–H and O–H groups in total. The summed E-state index contributed by atoms with van der Waals surface area (Å²) in [5, 5.41) is 15.3. The Bertz CT molecular complexity index is 1130. The zero-order valence-electron chi connectivity index (χ0n) is 21.9. The third-order valence-corrected chi connectivity index (χ3v) is 5.84. The Morgan fingerprint density at radius 3 is 2.19 bits per heavy atom. The highest BCUT2D eigenvalue weighted by Gasteiger charge is 2.36. The quantitative estimate of drug-likeness (QED) is 0.296. The van der Waals surface area contributed by atoms with Gasteiger partial charge in [0, 0.05) is 23.5 Å². The van der Waals surface area contributed by atoms with Crippen LogP contribution < -0.4 is 10.6 Å². The first-order chi connectivity index (χ1) is 17.4. The summed E-state index contributed by atoms with van der Waals surface area (Å²) in [5.74, 6) is 1.39. The fraction of sp³-hybridized carbons (Fsp3) is 0.393. The third-order valence-electron chi connectivity index (χ3n) is 5.48. The minimum Gasteiger partial charge on any atom is -0.444 e. The lowest BCUT2D eigenvalue weighted by atomic mass is 10.0. The van der Waals surface area contributed by atoms with Crippen LogP contribution in [0.1, 0.15) is 49.1 Å². The Labute approximate surface area is 224 Å². The number of benzene rings is 2. The fourth-order valence-corrected chi connectivity index (χ4v) is 3.99. The maximum absolute atomic E-state index is 13.8. The SMILES string of the molecule is C#Cc1ccc(C(C(=O)Nc2c(C)cccc2C)N(CCO)C(=O)C(CS)NC(=O)OC(C)(C)C)cc1. The topological polar surface area (TPSA) is 108 Å². The molecule has 0 spiro atoms. The number of carbonyl (C=O) groups excluding carboxylic acids is 3. The van der Waals surface area contributed by atoms with Gasteiger partial charge in [-0.25, -0.2) is 4.79 Å². The molecule has 198 valence electrons. The summed E-state index contributed by atoms with van der Waals surface area (Å²) in [6, 6.07) is 10.1. The van der Waals surface area contributed by atoms with Gasteiger partial charge in [-0.1, -0.05) is 36.3 Å². The van der Waals surface area contributed by atoms with Gasteiger partial charge in [0.2, 0.25) is 5.91 Å². The van der Waals surface area contributed by atoms with Crippen molar-refractivity contribution >= 4 is 36.2 Å². The molecule has 2 aromatic carbocycles. The number of hydrogen-bond donors (Lipinski definition) is 4. The van der Waals surface area contributed by atoms with E-state index in [9.17, 15) is 19.5 Å². The van der Waals surface area contributed by atoms with E-state index in [0.717, 1.165) is 11.1 Å². The molecule has 8 nitrogen and oxygen atoms in total. The predicted molar refractivity (Wildman–Crippen MR) is 147 cm³/mol. The van der Waals surface area contributed by atoms with Crippen molar-refractivity contribution in [3.63, 3.8) is 0 Å². The van der Waals surface area contributed by atoms with Crippen LogP contribution in [0.4, 0.5) is 10.5 Å². The number of terminal acetylenes is 1. The molecule has 2 atom stereocenters. The average Bonchev–Trinajstić information content (AvgIpc) is 2.83. The highest BCUT2D eigenvalue weighted by molar-refractivity contribution is 7.80. The minimum atomic E-state index is -1.13. The summed E-state index contributed by atoms with van der Waals surface area (Å²) in [4.78, 5) is 41.0. The van der Waals surface area contributed by atoms with Crippen molar-refractivity contribution in [2.45, 2.75) is 52.3 Å². The Hall–Kier alpha value is -3.48. The number of amides is 3. The van der Waals surface area contributed by atoms with Crippen molar-refractivity contribution < 1.29 is 24.2 Å². The molecule has 0 aromatic heterocycles. The van der Waals surface area contributed by atoms with Gasteiger partial charge in [-0.15, -0.1) is 6.42 Å². The number of nitrogens with one attached hydrogen (secondary N) is 2. The van der Waals surface area contributed by atoms with Crippen LogP contribution in [0.3, 0.4) is 0 Å². The van der Waals surface area contributed by atoms with Crippen molar-refractivity contribution in [3.8, 4) is 12.3 Å². The van der Waals surface area contributed by atoms with Gasteiger partial charge < -0.3 is 25.4 Å². The van der Waals surface area contributed by atoms with Crippen LogP contribution in [0.2, 0.25) is 0 Å². The summed E-state index contributed by atoms with van der Waals surface area (Å²) >= 11 is 4.24. The van der Waals surface area contributed by atoms with E-state index in [4.69, 9.17) is 11.2 Å². The van der Waals surface area contributed by atoms with Crippen LogP contribution in [-0.2, 0) is 14.3 Å². The number of rotatable bonds is 9. The maximum Gasteiger partial charge on any atom is 0.408 e. The number of aliphatic hydroxyl groups excluding tert-OH is 1. The van der Waals surface area contributed by atoms with E-state index >= 15 is 0 Å². The molecule has 0 fully saturated rings. The number of para-hydroxylation sites is 1. The second kappa shape index (κ2) is 13.2. The van der Waals surface area contributed by atoms with Crippen molar-refractivity contribution in [3.05, 3.63) is 64.7 Å². The molecule has 2 rings (SSSR count). The van der Waals surface area contributed by atoms with Gasteiger partial charge in [-0.2, -0.15) is 12.6 Å². The average molecular weight is 526 g/mol. The van der Waals surface area contributed by atoms with E-state index in [-0.39, 0.29) is 12.3 Å². The van der Waals surface area contributed by atoms with Crippen LogP contribution in [0, 0.1) is 26.2 Å². The number of ether oxygens (including phenoxy) is 1. The second-order valence-corrected chi connectivity index (χ2v) is 9.93. The van der Waals surface area contributed by atoms with E-state index < -0.39 is 42.2 Å². The monoisotopic (exact) mass is 525 g/mol. The molecular formula is C28H35N3O5S. The van der Waals surface area contributed by atoms with Crippen LogP contribution >= 0.6 is 12.6 Å². The summed E-state index contributed by atoms with van der Waals surface area (Å²) in [6.07, 6.45) is 4.69. The number of anilines is 1. The van der Waals surface area contributed by atoms with Crippen LogP contribution in [0.15, 0.2) is 42.5 Å². The van der Waals surface area contributed by atoms with Gasteiger partial charge in [-0.3, -0.25) is 9.59 Å². The molecule has 3 amide bonds. The number of hydrogen-bond acceptors (Lipinski definition) is 6. The number of aliphatic hydroxyl groups is 1. The highest BCUT2D eigenvalue weighted by Crippen LogP contribution is 2.27. The zero-order chi connectivity index (χ0) is 27.8. The number of aryl methyl sites for hydroxylation is 2. The van der Waals surface area contributed by atoms with Crippen molar-refractivity contribution in [1.29, 1.82) is 0 Å². The van der Waals surface area contributed by atoms with Gasteiger partial charge in [0.05, 0.1) is 6.61 Å². The third kappa shape index (κ3) is 8.27. The molecule has 2 unspecified atom stereocenters. The molecule has 0 aliphatic rings. The number of alkyl carbamates (subject to hydrolysis) is 1. The number of nitrogens with zero attached hydrogens (tertiary/aromatic N) is 1. The Kier molecular flexibility index (Phi) is 10.6. The van der Waals surface area contributed by atoms with Gasteiger partial charge in [0.15, 0.2) is 0 Å². The number of thiol groups is 1. The first-order valence-corrected chi connectivity index (χ1v) is 12.5.